The van der Waals surface area contributed by atoms with Gasteiger partial charge in [0.05, 0.1) is 20.8 Å². The fourth-order valence-corrected chi connectivity index (χ4v) is 2.56. The minimum Gasteiger partial charge on any atom is -0.497 e. The average molecular weight is 368 g/mol. The summed E-state index contributed by atoms with van der Waals surface area (Å²) in [6, 6.07) is 11.1. The largest absolute Gasteiger partial charge is 0.497 e. The molecule has 142 valence electrons. The van der Waals surface area contributed by atoms with Crippen LogP contribution in [0.25, 0.3) is 6.08 Å². The summed E-state index contributed by atoms with van der Waals surface area (Å²) in [6.45, 7) is 3.73. The molecule has 0 saturated carbocycles. The fourth-order valence-electron chi connectivity index (χ4n) is 2.56. The second-order valence-corrected chi connectivity index (χ2v) is 5.97. The molecule has 27 heavy (non-hydrogen) atoms. The lowest BCUT2D eigenvalue weighted by Crippen LogP contribution is -2.32. The zero-order valence-corrected chi connectivity index (χ0v) is 16.0. The number of carbonyl (C=O) groups is 2. The monoisotopic (exact) mass is 368 g/mol. The molecule has 2 amide bonds. The van der Waals surface area contributed by atoms with Crippen molar-refractivity contribution in [2.24, 2.45) is 0 Å². The molecule has 0 aliphatic carbocycles. The highest BCUT2D eigenvalue weighted by molar-refractivity contribution is 5.98. The molecule has 0 atom stereocenters. The first kappa shape index (κ1) is 20.0. The molecule has 6 nitrogen and oxygen atoms in total. The summed E-state index contributed by atoms with van der Waals surface area (Å²) in [6.07, 6.45) is 2.96. The third-order valence-corrected chi connectivity index (χ3v) is 4.02. The Labute approximate surface area is 159 Å². The molecule has 0 aliphatic heterocycles. The van der Waals surface area contributed by atoms with Gasteiger partial charge in [0, 0.05) is 17.3 Å². The minimum atomic E-state index is -0.378. The van der Waals surface area contributed by atoms with Crippen LogP contribution in [0.15, 0.2) is 42.5 Å². The number of methoxy groups -OCH3 is 2. The second kappa shape index (κ2) is 9.43. The summed E-state index contributed by atoms with van der Waals surface area (Å²) in [4.78, 5) is 24.1. The molecule has 2 aromatic carbocycles. The molecule has 0 aliphatic rings. The molecule has 2 rings (SSSR count). The molecule has 0 heterocycles. The lowest BCUT2D eigenvalue weighted by molar-refractivity contribution is -0.121. The van der Waals surface area contributed by atoms with E-state index >= 15 is 0 Å². The van der Waals surface area contributed by atoms with E-state index in [1.165, 1.54) is 6.08 Å². The van der Waals surface area contributed by atoms with Gasteiger partial charge in [-0.05, 0) is 49.2 Å². The zero-order chi connectivity index (χ0) is 19.8. The highest BCUT2D eigenvalue weighted by Gasteiger charge is 2.08. The summed E-state index contributed by atoms with van der Waals surface area (Å²) in [7, 11) is 3.12. The van der Waals surface area contributed by atoms with Gasteiger partial charge in [-0.1, -0.05) is 18.2 Å². The number of benzene rings is 2. The van der Waals surface area contributed by atoms with Crippen molar-refractivity contribution in [2.45, 2.75) is 13.8 Å². The van der Waals surface area contributed by atoms with Crippen molar-refractivity contribution in [3.63, 3.8) is 0 Å². The van der Waals surface area contributed by atoms with Crippen molar-refractivity contribution in [3.05, 3.63) is 59.2 Å². The Hall–Kier alpha value is -3.28. The summed E-state index contributed by atoms with van der Waals surface area (Å²) in [5.74, 6) is 0.612. The molecule has 0 saturated heterocycles. The van der Waals surface area contributed by atoms with Gasteiger partial charge < -0.3 is 20.1 Å². The van der Waals surface area contributed by atoms with Crippen molar-refractivity contribution in [1.82, 2.24) is 5.32 Å². The molecular weight excluding hydrogens is 344 g/mol. The van der Waals surface area contributed by atoms with Crippen LogP contribution in [-0.4, -0.2) is 32.6 Å². The average Bonchev–Trinajstić information content (AvgIpc) is 2.67. The van der Waals surface area contributed by atoms with Gasteiger partial charge >= 0.3 is 0 Å². The van der Waals surface area contributed by atoms with Gasteiger partial charge in [-0.15, -0.1) is 0 Å². The fraction of sp³-hybridized carbons (Fsp3) is 0.238. The van der Waals surface area contributed by atoms with Gasteiger partial charge in [-0.25, -0.2) is 0 Å². The maximum absolute atomic E-state index is 12.1. The van der Waals surface area contributed by atoms with Crippen LogP contribution >= 0.6 is 0 Å². The molecule has 2 N–H and O–H groups in total. The quantitative estimate of drug-likeness (QED) is 0.737. The van der Waals surface area contributed by atoms with E-state index in [-0.39, 0.29) is 18.4 Å². The molecule has 6 heteroatoms. The highest BCUT2D eigenvalue weighted by Crippen LogP contribution is 2.25. The molecule has 0 fully saturated rings. The van der Waals surface area contributed by atoms with Crippen molar-refractivity contribution in [3.8, 4) is 11.5 Å². The summed E-state index contributed by atoms with van der Waals surface area (Å²) < 4.78 is 10.4. The summed E-state index contributed by atoms with van der Waals surface area (Å²) >= 11 is 0. The van der Waals surface area contributed by atoms with Crippen molar-refractivity contribution >= 4 is 23.6 Å². The van der Waals surface area contributed by atoms with Gasteiger partial charge in [-0.3, -0.25) is 9.59 Å². The number of hydrogen-bond acceptors (Lipinski definition) is 4. The number of ether oxygens (including phenoxy) is 2. The van der Waals surface area contributed by atoms with Crippen LogP contribution in [0, 0.1) is 13.8 Å². The SMILES string of the molecule is COc1ccc(OC)c(/C=C/C(=O)NCC(=O)Nc2c(C)cccc2C)c1. The van der Waals surface area contributed by atoms with E-state index in [1.54, 1.807) is 38.5 Å². The van der Waals surface area contributed by atoms with E-state index in [4.69, 9.17) is 9.47 Å². The maximum atomic E-state index is 12.1. The minimum absolute atomic E-state index is 0.119. The Kier molecular flexibility index (Phi) is 7.00. The Morgan fingerprint density at radius 3 is 2.37 bits per heavy atom. The summed E-state index contributed by atoms with van der Waals surface area (Å²) in [5, 5.41) is 5.39. The maximum Gasteiger partial charge on any atom is 0.244 e. The lowest BCUT2D eigenvalue weighted by atomic mass is 10.1. The van der Waals surface area contributed by atoms with Crippen LogP contribution in [0.3, 0.4) is 0 Å². The van der Waals surface area contributed by atoms with E-state index in [0.717, 1.165) is 16.8 Å². The highest BCUT2D eigenvalue weighted by atomic mass is 16.5. The van der Waals surface area contributed by atoms with Crippen LogP contribution in [0.1, 0.15) is 16.7 Å². The van der Waals surface area contributed by atoms with Crippen LogP contribution in [0.4, 0.5) is 5.69 Å². The number of para-hydroxylation sites is 1. The Morgan fingerprint density at radius 1 is 1.04 bits per heavy atom. The third kappa shape index (κ3) is 5.60. The third-order valence-electron chi connectivity index (χ3n) is 4.02. The van der Waals surface area contributed by atoms with Crippen LogP contribution in [0.5, 0.6) is 11.5 Å². The molecule has 0 bridgehead atoms. The molecule has 2 aromatic rings. The number of rotatable bonds is 7. The molecule has 0 spiro atoms. The first-order chi connectivity index (χ1) is 12.9. The van der Waals surface area contributed by atoms with Gasteiger partial charge in [-0.2, -0.15) is 0 Å². The van der Waals surface area contributed by atoms with Gasteiger partial charge in [0.1, 0.15) is 11.5 Å². The van der Waals surface area contributed by atoms with Crippen LogP contribution < -0.4 is 20.1 Å². The number of aryl methyl sites for hydroxylation is 2. The van der Waals surface area contributed by atoms with Gasteiger partial charge in [0.2, 0.25) is 11.8 Å². The second-order valence-electron chi connectivity index (χ2n) is 5.97. The Bertz CT molecular complexity index is 839. The lowest BCUT2D eigenvalue weighted by Gasteiger charge is -2.11. The van der Waals surface area contributed by atoms with Gasteiger partial charge in [0.25, 0.3) is 0 Å². The van der Waals surface area contributed by atoms with E-state index < -0.39 is 0 Å². The topological polar surface area (TPSA) is 76.7 Å². The Balaban J connectivity index is 1.94. The first-order valence-electron chi connectivity index (χ1n) is 8.48. The van der Waals surface area contributed by atoms with Crippen LogP contribution in [0.2, 0.25) is 0 Å². The molecular formula is C21H24N2O4. The molecule has 0 unspecified atom stereocenters. The van der Waals surface area contributed by atoms with Crippen molar-refractivity contribution < 1.29 is 19.1 Å². The van der Waals surface area contributed by atoms with Gasteiger partial charge in [0.15, 0.2) is 0 Å². The zero-order valence-electron chi connectivity index (χ0n) is 16.0. The number of anilines is 1. The first-order valence-corrected chi connectivity index (χ1v) is 8.48. The standard InChI is InChI=1S/C21H24N2O4/c1-14-6-5-7-15(2)21(14)23-20(25)13-22-19(24)11-8-16-12-17(26-3)9-10-18(16)27-4/h5-12H,13H2,1-4H3,(H,22,24)(H,23,25)/b11-8+. The van der Waals surface area contributed by atoms with Crippen LogP contribution in [-0.2, 0) is 9.59 Å². The predicted molar refractivity (Wildman–Crippen MR) is 106 cm³/mol. The smallest absolute Gasteiger partial charge is 0.244 e. The van der Waals surface area contributed by atoms with Crippen molar-refractivity contribution in [1.29, 1.82) is 0 Å². The predicted octanol–water partition coefficient (Wildman–Crippen LogP) is 3.09. The number of carbonyl (C=O) groups excluding carboxylic acids is 2. The molecule has 0 radical (unpaired) electrons. The van der Waals surface area contributed by atoms with E-state index in [2.05, 4.69) is 10.6 Å². The van der Waals surface area contributed by atoms with Crippen molar-refractivity contribution in [2.75, 3.05) is 26.1 Å². The number of amides is 2. The number of nitrogens with one attached hydrogen (secondary N) is 2. The van der Waals surface area contributed by atoms with E-state index in [9.17, 15) is 9.59 Å². The number of hydrogen-bond donors (Lipinski definition) is 2. The summed E-state index contributed by atoms with van der Waals surface area (Å²) in [5.41, 5.74) is 3.42. The molecule has 0 aromatic heterocycles. The van der Waals surface area contributed by atoms with E-state index in [1.807, 2.05) is 32.0 Å². The normalized spacial score (nSPS) is 10.5. The van der Waals surface area contributed by atoms with E-state index in [0.29, 0.717) is 17.1 Å². The Morgan fingerprint density at radius 2 is 1.74 bits per heavy atom.